The molecule has 0 heterocycles. The molecule has 0 saturated heterocycles. The smallest absolute Gasteiger partial charge is 0.135 e. The summed E-state index contributed by atoms with van der Waals surface area (Å²) in [6, 6.07) is 9.30. The van der Waals surface area contributed by atoms with Crippen molar-refractivity contribution < 1.29 is 3.74 Å². The zero-order chi connectivity index (χ0) is 9.68. The Morgan fingerprint density at radius 1 is 1.54 bits per heavy atom. The fraction of sp³-hybridized carbons (Fsp3) is 0.125. The third kappa shape index (κ3) is 2.52. The van der Waals surface area contributed by atoms with Crippen LogP contribution in [0, 0.1) is 11.3 Å². The maximum atomic E-state index is 8.78. The normalized spacial score (nSPS) is 9.31. The first-order valence-electron chi connectivity index (χ1n) is 3.48. The van der Waals surface area contributed by atoms with E-state index in [0.717, 1.165) is 17.9 Å². The van der Waals surface area contributed by atoms with Crippen LogP contribution in [0.2, 0.25) is 0 Å². The first kappa shape index (κ1) is 10.2. The van der Waals surface area contributed by atoms with Crippen LogP contribution >= 0.6 is 24.1 Å². The Hall–Kier alpha value is -0.890. The average molecular weight is 215 g/mol. The van der Waals surface area contributed by atoms with E-state index in [4.69, 9.17) is 17.1 Å². The number of nitriles is 1. The number of halogens is 1. The van der Waals surface area contributed by atoms with E-state index in [9.17, 15) is 0 Å². The Kier molecular flexibility index (Phi) is 3.90. The van der Waals surface area contributed by atoms with Crippen LogP contribution in [-0.4, -0.2) is 7.05 Å². The lowest BCUT2D eigenvalue weighted by molar-refractivity contribution is 0.725. The van der Waals surface area contributed by atoms with E-state index < -0.39 is 0 Å². The van der Waals surface area contributed by atoms with Gasteiger partial charge in [-0.25, -0.2) is 0 Å². The van der Waals surface area contributed by atoms with Gasteiger partial charge < -0.3 is 0 Å². The molecule has 0 aliphatic carbocycles. The number of nitrogens with zero attached hydrogens (tertiary/aromatic N) is 2. The number of benzene rings is 1. The van der Waals surface area contributed by atoms with E-state index in [1.54, 1.807) is 17.4 Å². The Labute approximate surface area is 86.4 Å². The monoisotopic (exact) mass is 214 g/mol. The van der Waals surface area contributed by atoms with E-state index in [1.165, 1.54) is 0 Å². The third-order valence-corrected chi connectivity index (χ3v) is 2.15. The fourth-order valence-corrected chi connectivity index (χ4v) is 1.50. The molecular formula is C8H7ClN2OS. The highest BCUT2D eigenvalue weighted by Crippen LogP contribution is 2.25. The first-order valence-corrected chi connectivity index (χ1v) is 4.48. The highest BCUT2D eigenvalue weighted by Gasteiger charge is 2.06. The lowest BCUT2D eigenvalue weighted by Gasteiger charge is -2.15. The zero-order valence-electron chi connectivity index (χ0n) is 6.90. The van der Waals surface area contributed by atoms with Gasteiger partial charge >= 0.3 is 0 Å². The maximum Gasteiger partial charge on any atom is 0.135 e. The highest BCUT2D eigenvalue weighted by atomic mass is 35.5. The van der Waals surface area contributed by atoms with Crippen LogP contribution in [0.5, 0.6) is 0 Å². The number of para-hydroxylation sites is 1. The number of hydrogen-bond donors (Lipinski definition) is 0. The summed E-state index contributed by atoms with van der Waals surface area (Å²) in [7, 11) is 1.77. The van der Waals surface area contributed by atoms with Crippen molar-refractivity contribution in [3.05, 3.63) is 29.8 Å². The van der Waals surface area contributed by atoms with E-state index in [2.05, 4.69) is 9.80 Å². The molecule has 0 atom stereocenters. The second-order valence-corrected chi connectivity index (χ2v) is 3.46. The van der Waals surface area contributed by atoms with Crippen molar-refractivity contribution >= 4 is 29.8 Å². The molecule has 0 fully saturated rings. The summed E-state index contributed by atoms with van der Waals surface area (Å²) in [5.74, 6) is 0. The van der Waals surface area contributed by atoms with Gasteiger partial charge in [0, 0.05) is 7.05 Å². The van der Waals surface area contributed by atoms with Gasteiger partial charge in [0.05, 0.1) is 23.1 Å². The molecule has 0 radical (unpaired) electrons. The molecule has 0 aromatic heterocycles. The predicted molar refractivity (Wildman–Crippen MR) is 54.1 cm³/mol. The van der Waals surface area contributed by atoms with E-state index >= 15 is 0 Å². The van der Waals surface area contributed by atoms with E-state index in [-0.39, 0.29) is 0 Å². The molecule has 0 N–H and O–H groups in total. The topological polar surface area (TPSA) is 36.3 Å². The summed E-state index contributed by atoms with van der Waals surface area (Å²) in [5.41, 5.74) is 1.36. The van der Waals surface area contributed by atoms with Gasteiger partial charge in [0.15, 0.2) is 0 Å². The SMILES string of the molecule is CN(SOCl)c1ccccc1C#N. The van der Waals surface area contributed by atoms with Gasteiger partial charge in [0.25, 0.3) is 0 Å². The molecule has 0 saturated carbocycles. The molecule has 5 heteroatoms. The number of hydrogen-bond acceptors (Lipinski definition) is 4. The standard InChI is InChI=1S/C8H7ClN2OS/c1-11(13-12-9)8-5-3-2-4-7(8)6-10/h2-5H,1H3. The summed E-state index contributed by atoms with van der Waals surface area (Å²) in [6.45, 7) is 0. The van der Waals surface area contributed by atoms with Crippen molar-refractivity contribution in [2.24, 2.45) is 0 Å². The Morgan fingerprint density at radius 3 is 2.85 bits per heavy atom. The van der Waals surface area contributed by atoms with Crippen molar-refractivity contribution in [2.75, 3.05) is 11.4 Å². The van der Waals surface area contributed by atoms with E-state index in [0.29, 0.717) is 5.56 Å². The summed E-state index contributed by atoms with van der Waals surface area (Å²) in [4.78, 5) is 0. The first-order chi connectivity index (χ1) is 6.29. The van der Waals surface area contributed by atoms with Crippen LogP contribution in [0.4, 0.5) is 5.69 Å². The van der Waals surface area contributed by atoms with Crippen LogP contribution in [0.25, 0.3) is 0 Å². The molecule has 0 aliphatic heterocycles. The molecule has 13 heavy (non-hydrogen) atoms. The molecule has 1 aromatic carbocycles. The van der Waals surface area contributed by atoms with Crippen molar-refractivity contribution in [1.29, 1.82) is 5.26 Å². The van der Waals surface area contributed by atoms with Crippen LogP contribution in [0.15, 0.2) is 24.3 Å². The molecule has 3 nitrogen and oxygen atoms in total. The van der Waals surface area contributed by atoms with Crippen molar-refractivity contribution in [3.8, 4) is 6.07 Å². The van der Waals surface area contributed by atoms with Gasteiger partial charge in [-0.15, -0.1) is 0 Å². The quantitative estimate of drug-likeness (QED) is 0.573. The van der Waals surface area contributed by atoms with Gasteiger partial charge in [0.1, 0.15) is 18.3 Å². The van der Waals surface area contributed by atoms with Crippen molar-refractivity contribution in [3.63, 3.8) is 0 Å². The lowest BCUT2D eigenvalue weighted by Crippen LogP contribution is -2.07. The minimum Gasteiger partial charge on any atom is -0.294 e. The minimum atomic E-state index is 0.589. The van der Waals surface area contributed by atoms with Gasteiger partial charge in [-0.05, 0) is 12.1 Å². The van der Waals surface area contributed by atoms with Crippen molar-refractivity contribution in [1.82, 2.24) is 0 Å². The summed E-state index contributed by atoms with van der Waals surface area (Å²) >= 11 is 6.04. The Balaban J connectivity index is 2.93. The Bertz CT molecular complexity index is 326. The fourth-order valence-electron chi connectivity index (χ4n) is 0.925. The maximum absolute atomic E-state index is 8.78. The molecular weight excluding hydrogens is 208 g/mol. The van der Waals surface area contributed by atoms with Crippen LogP contribution in [0.3, 0.4) is 0 Å². The summed E-state index contributed by atoms with van der Waals surface area (Å²) in [5, 5.41) is 8.78. The molecule has 0 amide bonds. The van der Waals surface area contributed by atoms with Gasteiger partial charge in [-0.2, -0.15) is 9.00 Å². The van der Waals surface area contributed by atoms with Crippen LogP contribution in [0.1, 0.15) is 5.56 Å². The summed E-state index contributed by atoms with van der Waals surface area (Å²) in [6.07, 6.45) is 0. The molecule has 68 valence electrons. The zero-order valence-corrected chi connectivity index (χ0v) is 8.47. The van der Waals surface area contributed by atoms with E-state index in [1.807, 2.05) is 18.2 Å². The Morgan fingerprint density at radius 2 is 2.23 bits per heavy atom. The third-order valence-electron chi connectivity index (χ3n) is 1.50. The van der Waals surface area contributed by atoms with Gasteiger partial charge in [-0.3, -0.25) is 4.31 Å². The second kappa shape index (κ2) is 4.97. The number of rotatable bonds is 3. The molecule has 1 rings (SSSR count). The molecule has 0 aliphatic rings. The largest absolute Gasteiger partial charge is 0.294 e. The van der Waals surface area contributed by atoms with Crippen LogP contribution < -0.4 is 4.31 Å². The minimum absolute atomic E-state index is 0.589. The average Bonchev–Trinajstić information content (AvgIpc) is 2.18. The van der Waals surface area contributed by atoms with Crippen molar-refractivity contribution in [2.45, 2.75) is 0 Å². The van der Waals surface area contributed by atoms with Crippen LogP contribution in [-0.2, 0) is 3.74 Å². The predicted octanol–water partition coefficient (Wildman–Crippen LogP) is 2.73. The number of anilines is 1. The highest BCUT2D eigenvalue weighted by molar-refractivity contribution is 7.96. The molecule has 0 unspecified atom stereocenters. The molecule has 1 aromatic rings. The molecule has 0 spiro atoms. The lowest BCUT2D eigenvalue weighted by atomic mass is 10.2. The van der Waals surface area contributed by atoms with Gasteiger partial charge in [0.2, 0.25) is 0 Å². The molecule has 0 bridgehead atoms. The van der Waals surface area contributed by atoms with Gasteiger partial charge in [-0.1, -0.05) is 12.1 Å². The second-order valence-electron chi connectivity index (χ2n) is 2.26. The summed E-state index contributed by atoms with van der Waals surface area (Å²) < 4.78 is 6.04.